The van der Waals surface area contributed by atoms with E-state index < -0.39 is 0 Å². The molecule has 0 spiro atoms. The minimum atomic E-state index is -0.00909. The molecule has 0 atom stereocenters. The summed E-state index contributed by atoms with van der Waals surface area (Å²) in [6.45, 7) is 2.24. The maximum absolute atomic E-state index is 9.34. The van der Waals surface area contributed by atoms with Crippen LogP contribution in [0.15, 0.2) is 42.5 Å². The van der Waals surface area contributed by atoms with Gasteiger partial charge in [0, 0.05) is 55.5 Å². The molecule has 8 nitrogen and oxygen atoms in total. The van der Waals surface area contributed by atoms with Gasteiger partial charge in [-0.25, -0.2) is 0 Å². The normalized spacial score (nSPS) is 10.8. The maximum atomic E-state index is 9.34. The number of hydrogen-bond acceptors (Lipinski definition) is 8. The standard InChI is InChI=1S/C21H32N4O4/c22-18-4-5-21(25(8-12-28)9-13-29)17(14-18)16-23-19-2-1-3-20(15-19)24(6-10-26)7-11-27/h1-5,14-15,23,26-29H,6-13,16,22H2. The second-order valence-corrected chi connectivity index (χ2v) is 6.66. The van der Waals surface area contributed by atoms with Crippen LogP contribution in [0.3, 0.4) is 0 Å². The van der Waals surface area contributed by atoms with Crippen molar-refractivity contribution < 1.29 is 20.4 Å². The molecule has 0 amide bonds. The molecular formula is C21H32N4O4. The van der Waals surface area contributed by atoms with Crippen LogP contribution in [-0.4, -0.2) is 73.0 Å². The number of rotatable bonds is 13. The minimum absolute atomic E-state index is 0.00909. The number of nitrogens with one attached hydrogen (secondary N) is 1. The topological polar surface area (TPSA) is 125 Å². The van der Waals surface area contributed by atoms with Gasteiger partial charge in [0.2, 0.25) is 0 Å². The molecule has 0 saturated heterocycles. The maximum Gasteiger partial charge on any atom is 0.0606 e. The third-order valence-corrected chi connectivity index (χ3v) is 4.62. The van der Waals surface area contributed by atoms with E-state index in [0.29, 0.717) is 38.4 Å². The Morgan fingerprint density at radius 1 is 0.759 bits per heavy atom. The van der Waals surface area contributed by atoms with Crippen LogP contribution in [0, 0.1) is 0 Å². The van der Waals surface area contributed by atoms with Crippen molar-refractivity contribution in [2.24, 2.45) is 0 Å². The Morgan fingerprint density at radius 2 is 1.38 bits per heavy atom. The molecule has 8 heteroatoms. The predicted octanol–water partition coefficient (Wildman–Crippen LogP) is 0.463. The van der Waals surface area contributed by atoms with Gasteiger partial charge in [-0.3, -0.25) is 0 Å². The molecule has 7 N–H and O–H groups in total. The lowest BCUT2D eigenvalue weighted by Crippen LogP contribution is -2.30. The number of nitrogens with zero attached hydrogens (tertiary/aromatic N) is 2. The van der Waals surface area contributed by atoms with E-state index in [-0.39, 0.29) is 26.4 Å². The van der Waals surface area contributed by atoms with Crippen molar-refractivity contribution >= 4 is 22.7 Å². The van der Waals surface area contributed by atoms with Crippen molar-refractivity contribution in [2.45, 2.75) is 6.54 Å². The molecule has 0 aliphatic heterocycles. The van der Waals surface area contributed by atoms with Crippen LogP contribution < -0.4 is 20.9 Å². The highest BCUT2D eigenvalue weighted by atomic mass is 16.3. The lowest BCUT2D eigenvalue weighted by atomic mass is 10.1. The fraction of sp³-hybridized carbons (Fsp3) is 0.429. The quantitative estimate of drug-likeness (QED) is 0.266. The first-order chi connectivity index (χ1) is 14.1. The summed E-state index contributed by atoms with van der Waals surface area (Å²) in [4.78, 5) is 3.85. The van der Waals surface area contributed by atoms with E-state index in [1.54, 1.807) is 0 Å². The molecule has 2 aromatic rings. The van der Waals surface area contributed by atoms with E-state index in [4.69, 9.17) is 5.73 Å². The number of nitrogen functional groups attached to an aromatic ring is 1. The Balaban J connectivity index is 2.19. The van der Waals surface area contributed by atoms with Crippen molar-refractivity contribution in [1.29, 1.82) is 0 Å². The minimum Gasteiger partial charge on any atom is -0.399 e. The Labute approximate surface area is 171 Å². The van der Waals surface area contributed by atoms with E-state index >= 15 is 0 Å². The second-order valence-electron chi connectivity index (χ2n) is 6.66. The number of anilines is 4. The van der Waals surface area contributed by atoms with Gasteiger partial charge in [-0.05, 0) is 42.0 Å². The molecule has 2 aromatic carbocycles. The third kappa shape index (κ3) is 6.79. The van der Waals surface area contributed by atoms with Crippen molar-refractivity contribution in [3.8, 4) is 0 Å². The summed E-state index contributed by atoms with van der Waals surface area (Å²) in [7, 11) is 0. The lowest BCUT2D eigenvalue weighted by molar-refractivity contribution is 0.280. The summed E-state index contributed by atoms with van der Waals surface area (Å²) in [5.41, 5.74) is 10.3. The molecule has 2 rings (SSSR count). The van der Waals surface area contributed by atoms with Crippen LogP contribution in [0.5, 0.6) is 0 Å². The first kappa shape index (κ1) is 22.8. The number of aliphatic hydroxyl groups excluding tert-OH is 4. The van der Waals surface area contributed by atoms with Gasteiger partial charge in [-0.2, -0.15) is 0 Å². The van der Waals surface area contributed by atoms with Gasteiger partial charge in [-0.15, -0.1) is 0 Å². The number of hydrogen-bond donors (Lipinski definition) is 6. The molecule has 0 radical (unpaired) electrons. The first-order valence-corrected chi connectivity index (χ1v) is 9.78. The molecule has 0 fully saturated rings. The van der Waals surface area contributed by atoms with Gasteiger partial charge < -0.3 is 41.3 Å². The molecule has 0 aliphatic carbocycles. The summed E-state index contributed by atoms with van der Waals surface area (Å²) in [6, 6.07) is 13.4. The monoisotopic (exact) mass is 404 g/mol. The van der Waals surface area contributed by atoms with Crippen LogP contribution >= 0.6 is 0 Å². The van der Waals surface area contributed by atoms with Gasteiger partial charge in [0.1, 0.15) is 0 Å². The van der Waals surface area contributed by atoms with E-state index in [1.165, 1.54) is 0 Å². The summed E-state index contributed by atoms with van der Waals surface area (Å²) < 4.78 is 0. The van der Waals surface area contributed by atoms with E-state index in [1.807, 2.05) is 52.3 Å². The fourth-order valence-corrected chi connectivity index (χ4v) is 3.27. The molecule has 0 heterocycles. The molecular weight excluding hydrogens is 372 g/mol. The predicted molar refractivity (Wildman–Crippen MR) is 117 cm³/mol. The Hall–Kier alpha value is -2.52. The zero-order valence-electron chi connectivity index (χ0n) is 16.7. The third-order valence-electron chi connectivity index (χ3n) is 4.62. The average molecular weight is 405 g/mol. The van der Waals surface area contributed by atoms with Crippen molar-refractivity contribution in [1.82, 2.24) is 0 Å². The van der Waals surface area contributed by atoms with E-state index in [0.717, 1.165) is 22.6 Å². The molecule has 0 aliphatic rings. The Kier molecular flexibility index (Phi) is 9.52. The van der Waals surface area contributed by atoms with Crippen LogP contribution in [0.2, 0.25) is 0 Å². The Bertz CT molecular complexity index is 732. The molecule has 0 saturated carbocycles. The number of benzene rings is 2. The number of aliphatic hydroxyl groups is 4. The molecule has 0 aromatic heterocycles. The van der Waals surface area contributed by atoms with Crippen molar-refractivity contribution in [2.75, 3.05) is 73.5 Å². The summed E-state index contributed by atoms with van der Waals surface area (Å²) >= 11 is 0. The SMILES string of the molecule is Nc1ccc(N(CCO)CCO)c(CNc2cccc(N(CCO)CCO)c2)c1. The van der Waals surface area contributed by atoms with Crippen LogP contribution in [0.4, 0.5) is 22.7 Å². The van der Waals surface area contributed by atoms with Crippen LogP contribution in [0.25, 0.3) is 0 Å². The van der Waals surface area contributed by atoms with Crippen molar-refractivity contribution in [3.63, 3.8) is 0 Å². The highest BCUT2D eigenvalue weighted by Crippen LogP contribution is 2.25. The van der Waals surface area contributed by atoms with Crippen molar-refractivity contribution in [3.05, 3.63) is 48.0 Å². The zero-order valence-corrected chi connectivity index (χ0v) is 16.7. The summed E-state index contributed by atoms with van der Waals surface area (Å²) in [5, 5.41) is 40.6. The average Bonchev–Trinajstić information content (AvgIpc) is 2.72. The largest absolute Gasteiger partial charge is 0.399 e. The molecule has 0 unspecified atom stereocenters. The highest BCUT2D eigenvalue weighted by Gasteiger charge is 2.12. The molecule has 0 bridgehead atoms. The Morgan fingerprint density at radius 3 is 2.00 bits per heavy atom. The van der Waals surface area contributed by atoms with Gasteiger partial charge in [0.05, 0.1) is 26.4 Å². The fourth-order valence-electron chi connectivity index (χ4n) is 3.27. The molecule has 29 heavy (non-hydrogen) atoms. The lowest BCUT2D eigenvalue weighted by Gasteiger charge is -2.26. The van der Waals surface area contributed by atoms with Gasteiger partial charge in [0.15, 0.2) is 0 Å². The van der Waals surface area contributed by atoms with Gasteiger partial charge in [-0.1, -0.05) is 6.07 Å². The first-order valence-electron chi connectivity index (χ1n) is 9.78. The van der Waals surface area contributed by atoms with Gasteiger partial charge in [0.25, 0.3) is 0 Å². The number of nitrogens with two attached hydrogens (primary N) is 1. The van der Waals surface area contributed by atoms with Gasteiger partial charge >= 0.3 is 0 Å². The second kappa shape index (κ2) is 12.1. The highest BCUT2D eigenvalue weighted by molar-refractivity contribution is 5.62. The zero-order chi connectivity index (χ0) is 21.1. The summed E-state index contributed by atoms with van der Waals surface area (Å²) in [6.07, 6.45) is 0. The van der Waals surface area contributed by atoms with Crippen LogP contribution in [-0.2, 0) is 6.54 Å². The smallest absolute Gasteiger partial charge is 0.0606 e. The van der Waals surface area contributed by atoms with E-state index in [2.05, 4.69) is 5.32 Å². The summed E-state index contributed by atoms with van der Waals surface area (Å²) in [5.74, 6) is 0. The van der Waals surface area contributed by atoms with Crippen LogP contribution in [0.1, 0.15) is 5.56 Å². The van der Waals surface area contributed by atoms with E-state index in [9.17, 15) is 20.4 Å². The molecule has 160 valence electrons.